The summed E-state index contributed by atoms with van der Waals surface area (Å²) in [6, 6.07) is 20.1. The molecule has 0 radical (unpaired) electrons. The second-order valence-corrected chi connectivity index (χ2v) is 14.8. The van der Waals surface area contributed by atoms with Gasteiger partial charge in [-0.05, 0) is 95.0 Å². The van der Waals surface area contributed by atoms with Gasteiger partial charge in [0.1, 0.15) is 16.8 Å². The second-order valence-electron chi connectivity index (χ2n) is 11.9. The second kappa shape index (κ2) is 14.3. The van der Waals surface area contributed by atoms with Crippen molar-refractivity contribution in [2.45, 2.75) is 44.9 Å². The topological polar surface area (TPSA) is 111 Å². The minimum Gasteiger partial charge on any atom is -0.321 e. The number of hydrogen-bond donors (Lipinski definition) is 3. The molecule has 0 aliphatic heterocycles. The third-order valence-corrected chi connectivity index (χ3v) is 10.6. The number of fused-ring (bicyclic) bond motifs is 1. The van der Waals surface area contributed by atoms with Crippen LogP contribution in [0.5, 0.6) is 0 Å². The molecule has 0 spiro atoms. The Balaban J connectivity index is 1.22. The Labute approximate surface area is 275 Å². The van der Waals surface area contributed by atoms with Crippen molar-refractivity contribution in [3.05, 3.63) is 104 Å². The van der Waals surface area contributed by atoms with E-state index >= 15 is 0 Å². The molecular formula is C35H34N4O3S3. The first kappa shape index (κ1) is 32.2. The Morgan fingerprint density at radius 1 is 1.07 bits per heavy atom. The van der Waals surface area contributed by atoms with E-state index in [1.54, 1.807) is 48.5 Å². The highest BCUT2D eigenvalue weighted by atomic mass is 32.2. The van der Waals surface area contributed by atoms with Crippen molar-refractivity contribution in [3.63, 3.8) is 0 Å². The van der Waals surface area contributed by atoms with Gasteiger partial charge >= 0.3 is 0 Å². The van der Waals surface area contributed by atoms with Crippen molar-refractivity contribution in [1.82, 2.24) is 5.32 Å². The summed E-state index contributed by atoms with van der Waals surface area (Å²) in [5.74, 6) is -0.357. The first-order valence-corrected chi connectivity index (χ1v) is 17.3. The molecule has 1 aliphatic carbocycles. The maximum atomic E-state index is 13.3. The van der Waals surface area contributed by atoms with E-state index < -0.39 is 5.91 Å². The third-order valence-electron chi connectivity index (χ3n) is 7.70. The summed E-state index contributed by atoms with van der Waals surface area (Å²) in [5, 5.41) is 22.9. The Morgan fingerprint density at radius 2 is 1.87 bits per heavy atom. The van der Waals surface area contributed by atoms with E-state index in [2.05, 4.69) is 42.8 Å². The number of thioether (sulfide) groups is 1. The lowest BCUT2D eigenvalue weighted by Gasteiger charge is -2.33. The molecule has 45 heavy (non-hydrogen) atoms. The minimum atomic E-state index is -0.468. The summed E-state index contributed by atoms with van der Waals surface area (Å²) in [7, 11) is 0. The summed E-state index contributed by atoms with van der Waals surface area (Å²) >= 11 is 4.36. The smallest absolute Gasteiger partial charge is 0.272 e. The van der Waals surface area contributed by atoms with Crippen LogP contribution in [0.25, 0.3) is 6.08 Å². The van der Waals surface area contributed by atoms with Crippen LogP contribution >= 0.6 is 34.4 Å². The number of hydrogen-bond acceptors (Lipinski definition) is 7. The molecule has 0 bridgehead atoms. The van der Waals surface area contributed by atoms with Crippen LogP contribution < -0.4 is 16.0 Å². The van der Waals surface area contributed by atoms with Crippen LogP contribution in [0.15, 0.2) is 82.0 Å². The highest BCUT2D eigenvalue weighted by Gasteiger charge is 2.32. The normalized spacial score (nSPS) is 14.6. The van der Waals surface area contributed by atoms with E-state index in [9.17, 15) is 19.6 Å². The Kier molecular flexibility index (Phi) is 10.2. The number of benzene rings is 2. The predicted octanol–water partition coefficient (Wildman–Crippen LogP) is 7.97. The van der Waals surface area contributed by atoms with Crippen LogP contribution in [0.4, 0.5) is 10.7 Å². The molecule has 3 N–H and O–H groups in total. The molecule has 5 rings (SSSR count). The number of amides is 3. The SMILES string of the molecule is CC(C)(C)C1CCc2c(sc(NC(=O)CSc3cccc(NC(=O)/C(=C/c4ccsc4)NC(=O)c4ccccc4)c3)c2C#N)C1. The van der Waals surface area contributed by atoms with E-state index in [0.717, 1.165) is 35.3 Å². The van der Waals surface area contributed by atoms with Crippen molar-refractivity contribution < 1.29 is 14.4 Å². The van der Waals surface area contributed by atoms with Crippen molar-refractivity contribution in [3.8, 4) is 6.07 Å². The van der Waals surface area contributed by atoms with Gasteiger partial charge in [0.05, 0.1) is 11.3 Å². The molecule has 1 unspecified atom stereocenters. The maximum Gasteiger partial charge on any atom is 0.272 e. The Bertz CT molecular complexity index is 1760. The lowest BCUT2D eigenvalue weighted by Crippen LogP contribution is -2.30. The van der Waals surface area contributed by atoms with Gasteiger partial charge in [-0.1, -0.05) is 45.0 Å². The lowest BCUT2D eigenvalue weighted by molar-refractivity contribution is -0.114. The van der Waals surface area contributed by atoms with Gasteiger partial charge in [-0.3, -0.25) is 14.4 Å². The fourth-order valence-corrected chi connectivity index (χ4v) is 7.84. The zero-order valence-corrected chi connectivity index (χ0v) is 27.8. The Morgan fingerprint density at radius 3 is 2.58 bits per heavy atom. The van der Waals surface area contributed by atoms with Gasteiger partial charge in [0.15, 0.2) is 0 Å². The van der Waals surface area contributed by atoms with Crippen molar-refractivity contribution in [2.75, 3.05) is 16.4 Å². The molecule has 2 aromatic heterocycles. The van der Waals surface area contributed by atoms with Crippen LogP contribution in [0.1, 0.15) is 59.1 Å². The van der Waals surface area contributed by atoms with E-state index in [0.29, 0.717) is 27.7 Å². The van der Waals surface area contributed by atoms with Crippen molar-refractivity contribution in [1.29, 1.82) is 5.26 Å². The fraction of sp³-hybridized carbons (Fsp3) is 0.257. The number of thiophene rings is 2. The average Bonchev–Trinajstić information content (AvgIpc) is 3.66. The molecule has 0 fully saturated rings. The van der Waals surface area contributed by atoms with Gasteiger partial charge in [0.25, 0.3) is 11.8 Å². The van der Waals surface area contributed by atoms with Crippen LogP contribution in [0, 0.1) is 22.7 Å². The molecule has 3 amide bonds. The number of carbonyl (C=O) groups is 3. The number of nitriles is 1. The lowest BCUT2D eigenvalue weighted by atomic mass is 9.72. The summed E-state index contributed by atoms with van der Waals surface area (Å²) in [5.41, 5.74) is 3.76. The largest absolute Gasteiger partial charge is 0.321 e. The van der Waals surface area contributed by atoms with E-state index in [1.165, 1.54) is 39.3 Å². The van der Waals surface area contributed by atoms with E-state index in [4.69, 9.17) is 0 Å². The van der Waals surface area contributed by atoms with Gasteiger partial charge in [-0.25, -0.2) is 0 Å². The molecule has 1 aliphatic rings. The molecule has 1 atom stereocenters. The minimum absolute atomic E-state index is 0.112. The summed E-state index contributed by atoms with van der Waals surface area (Å²) in [6.45, 7) is 6.77. The first-order valence-electron chi connectivity index (χ1n) is 14.6. The summed E-state index contributed by atoms with van der Waals surface area (Å²) in [6.07, 6.45) is 4.47. The number of anilines is 2. The predicted molar refractivity (Wildman–Crippen MR) is 185 cm³/mol. The standard InChI is InChI=1S/C35H34N4O3S3/c1-35(2,3)24-12-13-27-28(19-36)34(45-30(27)17-24)39-31(40)21-44-26-11-7-10-25(18-26)37-33(42)29(16-22-14-15-43-20-22)38-32(41)23-8-5-4-6-9-23/h4-11,14-16,18,20,24H,12-13,17,21H2,1-3H3,(H,37,42)(H,38,41)(H,39,40)/b29-16-. The molecule has 4 aromatic rings. The zero-order valence-electron chi connectivity index (χ0n) is 25.3. The molecule has 10 heteroatoms. The van der Waals surface area contributed by atoms with Crippen molar-refractivity contribution >= 4 is 68.9 Å². The van der Waals surface area contributed by atoms with E-state index in [1.807, 2.05) is 29.0 Å². The fourth-order valence-electron chi connectivity index (χ4n) is 5.17. The highest BCUT2D eigenvalue weighted by molar-refractivity contribution is 8.00. The number of rotatable bonds is 9. The van der Waals surface area contributed by atoms with Gasteiger partial charge in [0.2, 0.25) is 5.91 Å². The third kappa shape index (κ3) is 8.31. The van der Waals surface area contributed by atoms with E-state index in [-0.39, 0.29) is 28.7 Å². The first-order chi connectivity index (χ1) is 21.6. The molecule has 2 aromatic carbocycles. The van der Waals surface area contributed by atoms with Crippen LogP contribution in [0.2, 0.25) is 0 Å². The van der Waals surface area contributed by atoms with Crippen LogP contribution in [0.3, 0.4) is 0 Å². The number of nitrogens with one attached hydrogen (secondary N) is 3. The van der Waals surface area contributed by atoms with Crippen LogP contribution in [-0.2, 0) is 22.4 Å². The molecule has 7 nitrogen and oxygen atoms in total. The molecule has 0 saturated heterocycles. The maximum absolute atomic E-state index is 13.3. The number of carbonyl (C=O) groups excluding carboxylic acids is 3. The van der Waals surface area contributed by atoms with Crippen molar-refractivity contribution in [2.24, 2.45) is 11.3 Å². The Hall–Kier alpha value is -4.17. The van der Waals surface area contributed by atoms with Gasteiger partial charge in [-0.2, -0.15) is 16.6 Å². The van der Waals surface area contributed by atoms with Crippen LogP contribution in [-0.4, -0.2) is 23.5 Å². The summed E-state index contributed by atoms with van der Waals surface area (Å²) < 4.78 is 0. The molecular weight excluding hydrogens is 621 g/mol. The number of nitrogens with zero attached hydrogens (tertiary/aromatic N) is 1. The molecule has 0 saturated carbocycles. The van der Waals surface area contributed by atoms with Gasteiger partial charge in [-0.15, -0.1) is 23.1 Å². The highest BCUT2D eigenvalue weighted by Crippen LogP contribution is 2.44. The van der Waals surface area contributed by atoms with Gasteiger partial charge in [0, 0.05) is 21.0 Å². The average molecular weight is 655 g/mol. The monoisotopic (exact) mass is 654 g/mol. The summed E-state index contributed by atoms with van der Waals surface area (Å²) in [4.78, 5) is 41.1. The zero-order chi connectivity index (χ0) is 32.0. The quantitative estimate of drug-likeness (QED) is 0.125. The molecule has 2 heterocycles. The van der Waals surface area contributed by atoms with Gasteiger partial charge < -0.3 is 16.0 Å². The molecule has 230 valence electrons.